The molecule has 0 spiro atoms. The number of morpholine rings is 1. The Bertz CT molecular complexity index is 615. The van der Waals surface area contributed by atoms with Crippen molar-refractivity contribution >= 4 is 5.91 Å². The summed E-state index contributed by atoms with van der Waals surface area (Å²) in [6, 6.07) is 9.25. The fraction of sp³-hybridized carbons (Fsp3) is 0.579. The van der Waals surface area contributed by atoms with E-state index >= 15 is 0 Å². The molecule has 0 aromatic heterocycles. The molecule has 0 bridgehead atoms. The molecule has 0 saturated carbocycles. The van der Waals surface area contributed by atoms with Gasteiger partial charge in [0.05, 0.1) is 31.4 Å². The zero-order valence-corrected chi connectivity index (χ0v) is 15.1. The lowest BCUT2D eigenvalue weighted by molar-refractivity contribution is -0.135. The Balaban J connectivity index is 1.33. The number of hydrogen-bond acceptors (Lipinski definition) is 6. The summed E-state index contributed by atoms with van der Waals surface area (Å²) < 4.78 is 11.1. The zero-order valence-electron chi connectivity index (χ0n) is 15.1. The minimum Gasteiger partial charge on any atom is -0.492 e. The topological polar surface area (TPSA) is 69.0 Å². The minimum absolute atomic E-state index is 0.223. The lowest BCUT2D eigenvalue weighted by Crippen LogP contribution is -2.52. The minimum atomic E-state index is 0.223. The molecular weight excluding hydrogens is 332 g/mol. The highest BCUT2D eigenvalue weighted by molar-refractivity contribution is 5.78. The Hall–Kier alpha value is -2.14. The third-order valence-corrected chi connectivity index (χ3v) is 4.85. The van der Waals surface area contributed by atoms with Gasteiger partial charge < -0.3 is 14.4 Å². The van der Waals surface area contributed by atoms with Crippen molar-refractivity contribution in [3.8, 4) is 11.8 Å². The van der Waals surface area contributed by atoms with Crippen molar-refractivity contribution in [1.29, 1.82) is 5.26 Å². The Kier molecular flexibility index (Phi) is 6.83. The third kappa shape index (κ3) is 5.43. The van der Waals surface area contributed by atoms with E-state index in [-0.39, 0.29) is 5.91 Å². The number of hydrogen-bond donors (Lipinski definition) is 0. The highest BCUT2D eigenvalue weighted by Crippen LogP contribution is 2.12. The molecule has 2 aliphatic heterocycles. The van der Waals surface area contributed by atoms with E-state index in [0.29, 0.717) is 18.7 Å². The first kappa shape index (κ1) is 18.6. The van der Waals surface area contributed by atoms with Crippen molar-refractivity contribution in [1.82, 2.24) is 14.7 Å². The van der Waals surface area contributed by atoms with Crippen molar-refractivity contribution in [2.45, 2.75) is 0 Å². The summed E-state index contributed by atoms with van der Waals surface area (Å²) in [6.07, 6.45) is 0. The SMILES string of the molecule is N#Cc1ccc(OCCN2CCN(C(=O)CN3CCOCC3)CC2)cc1. The number of ether oxygens (including phenoxy) is 2. The normalized spacial score (nSPS) is 19.1. The summed E-state index contributed by atoms with van der Waals surface area (Å²) in [4.78, 5) is 18.9. The number of nitrogens with zero attached hydrogens (tertiary/aromatic N) is 4. The van der Waals surface area contributed by atoms with Gasteiger partial charge in [0.25, 0.3) is 0 Å². The second kappa shape index (κ2) is 9.53. The maximum absolute atomic E-state index is 12.4. The van der Waals surface area contributed by atoms with Gasteiger partial charge in [0.2, 0.25) is 5.91 Å². The van der Waals surface area contributed by atoms with Gasteiger partial charge in [-0.2, -0.15) is 5.26 Å². The smallest absolute Gasteiger partial charge is 0.236 e. The molecule has 2 saturated heterocycles. The maximum Gasteiger partial charge on any atom is 0.236 e. The molecule has 7 nitrogen and oxygen atoms in total. The van der Waals surface area contributed by atoms with Gasteiger partial charge in [0, 0.05) is 45.8 Å². The van der Waals surface area contributed by atoms with Gasteiger partial charge in [-0.1, -0.05) is 0 Å². The average molecular weight is 358 g/mol. The Morgan fingerprint density at radius 2 is 1.73 bits per heavy atom. The van der Waals surface area contributed by atoms with Crippen molar-refractivity contribution in [3.63, 3.8) is 0 Å². The van der Waals surface area contributed by atoms with Gasteiger partial charge in [-0.25, -0.2) is 0 Å². The second-order valence-electron chi connectivity index (χ2n) is 6.60. The van der Waals surface area contributed by atoms with Gasteiger partial charge in [-0.05, 0) is 24.3 Å². The van der Waals surface area contributed by atoms with Gasteiger partial charge >= 0.3 is 0 Å². The van der Waals surface area contributed by atoms with E-state index < -0.39 is 0 Å². The maximum atomic E-state index is 12.4. The molecule has 1 aromatic rings. The number of carbonyl (C=O) groups excluding carboxylic acids is 1. The standard InChI is InChI=1S/C19H26N4O3/c20-15-17-1-3-18(4-2-17)26-14-11-21-5-7-23(8-6-21)19(24)16-22-9-12-25-13-10-22/h1-4H,5-14,16H2. The lowest BCUT2D eigenvalue weighted by Gasteiger charge is -2.36. The van der Waals surface area contributed by atoms with E-state index in [1.807, 2.05) is 17.0 Å². The molecule has 0 atom stereocenters. The highest BCUT2D eigenvalue weighted by atomic mass is 16.5. The molecule has 2 aliphatic rings. The molecule has 26 heavy (non-hydrogen) atoms. The van der Waals surface area contributed by atoms with Gasteiger partial charge in [-0.3, -0.25) is 14.6 Å². The number of amides is 1. The van der Waals surface area contributed by atoms with Crippen LogP contribution >= 0.6 is 0 Å². The van der Waals surface area contributed by atoms with E-state index in [1.54, 1.807) is 12.1 Å². The first-order valence-corrected chi connectivity index (χ1v) is 9.18. The molecule has 0 N–H and O–H groups in total. The number of carbonyl (C=O) groups is 1. The first-order chi connectivity index (χ1) is 12.7. The van der Waals surface area contributed by atoms with Crippen molar-refractivity contribution in [3.05, 3.63) is 29.8 Å². The summed E-state index contributed by atoms with van der Waals surface area (Å²) in [5, 5.41) is 8.79. The Labute approximate surface area is 154 Å². The monoisotopic (exact) mass is 358 g/mol. The molecule has 0 radical (unpaired) electrons. The van der Waals surface area contributed by atoms with Crippen LogP contribution < -0.4 is 4.74 Å². The van der Waals surface area contributed by atoms with E-state index in [1.165, 1.54) is 0 Å². The predicted molar refractivity (Wildman–Crippen MR) is 96.9 cm³/mol. The van der Waals surface area contributed by atoms with Crippen molar-refractivity contribution in [2.24, 2.45) is 0 Å². The van der Waals surface area contributed by atoms with Crippen LogP contribution in [0.3, 0.4) is 0 Å². The van der Waals surface area contributed by atoms with Crippen molar-refractivity contribution in [2.75, 3.05) is 72.2 Å². The van der Waals surface area contributed by atoms with Gasteiger partial charge in [0.15, 0.2) is 0 Å². The summed E-state index contributed by atoms with van der Waals surface area (Å²) in [5.74, 6) is 1.00. The van der Waals surface area contributed by atoms with E-state index in [4.69, 9.17) is 14.7 Å². The molecule has 2 heterocycles. The summed E-state index contributed by atoms with van der Waals surface area (Å²) in [5.41, 5.74) is 0.634. The van der Waals surface area contributed by atoms with Crippen LogP contribution in [0.2, 0.25) is 0 Å². The van der Waals surface area contributed by atoms with Crippen LogP contribution in [0.15, 0.2) is 24.3 Å². The Morgan fingerprint density at radius 1 is 1.04 bits per heavy atom. The van der Waals surface area contributed by atoms with Gasteiger partial charge in [0.1, 0.15) is 12.4 Å². The van der Waals surface area contributed by atoms with Crippen LogP contribution in [0.1, 0.15) is 5.56 Å². The quantitative estimate of drug-likeness (QED) is 0.734. The molecule has 0 aliphatic carbocycles. The van der Waals surface area contributed by atoms with Crippen LogP contribution in [0.5, 0.6) is 5.75 Å². The number of nitriles is 1. The van der Waals surface area contributed by atoms with Crippen LogP contribution in [0.4, 0.5) is 0 Å². The average Bonchev–Trinajstić information content (AvgIpc) is 2.70. The number of benzene rings is 1. The van der Waals surface area contributed by atoms with E-state index in [0.717, 1.165) is 64.8 Å². The molecule has 1 amide bonds. The first-order valence-electron chi connectivity index (χ1n) is 9.18. The highest BCUT2D eigenvalue weighted by Gasteiger charge is 2.23. The van der Waals surface area contributed by atoms with Gasteiger partial charge in [-0.15, -0.1) is 0 Å². The Morgan fingerprint density at radius 3 is 2.38 bits per heavy atom. The lowest BCUT2D eigenvalue weighted by atomic mass is 10.2. The number of piperazine rings is 1. The third-order valence-electron chi connectivity index (χ3n) is 4.85. The van der Waals surface area contributed by atoms with Crippen LogP contribution in [0.25, 0.3) is 0 Å². The molecule has 1 aromatic carbocycles. The largest absolute Gasteiger partial charge is 0.492 e. The summed E-state index contributed by atoms with van der Waals surface area (Å²) in [6.45, 7) is 8.40. The molecule has 140 valence electrons. The molecule has 7 heteroatoms. The zero-order chi connectivity index (χ0) is 18.2. The molecule has 3 rings (SSSR count). The summed E-state index contributed by atoms with van der Waals surface area (Å²) in [7, 11) is 0. The van der Waals surface area contributed by atoms with Crippen LogP contribution in [-0.2, 0) is 9.53 Å². The molecule has 2 fully saturated rings. The van der Waals surface area contributed by atoms with E-state index in [9.17, 15) is 4.79 Å². The summed E-state index contributed by atoms with van der Waals surface area (Å²) >= 11 is 0. The van der Waals surface area contributed by atoms with Crippen molar-refractivity contribution < 1.29 is 14.3 Å². The number of rotatable bonds is 6. The van der Waals surface area contributed by atoms with Crippen LogP contribution in [0, 0.1) is 11.3 Å². The second-order valence-corrected chi connectivity index (χ2v) is 6.60. The fourth-order valence-electron chi connectivity index (χ4n) is 3.19. The molecular formula is C19H26N4O3. The molecule has 0 unspecified atom stereocenters. The predicted octanol–water partition coefficient (Wildman–Crippen LogP) is 0.413. The van der Waals surface area contributed by atoms with E-state index in [2.05, 4.69) is 15.9 Å². The van der Waals surface area contributed by atoms with Crippen LogP contribution in [-0.4, -0.2) is 92.8 Å². The fourth-order valence-corrected chi connectivity index (χ4v) is 3.19.